The first-order valence-electron chi connectivity index (χ1n) is 8.29. The second-order valence-electron chi connectivity index (χ2n) is 6.26. The summed E-state index contributed by atoms with van der Waals surface area (Å²) in [5, 5.41) is 1.27. The van der Waals surface area contributed by atoms with E-state index in [0.717, 1.165) is 16.9 Å². The maximum absolute atomic E-state index is 12.9. The first-order valence-corrected chi connectivity index (χ1v) is 9.11. The van der Waals surface area contributed by atoms with Gasteiger partial charge in [0.2, 0.25) is 0 Å². The summed E-state index contributed by atoms with van der Waals surface area (Å²) in [5.74, 6) is -1.14. The summed E-state index contributed by atoms with van der Waals surface area (Å²) in [6.45, 7) is 0.483. The molecule has 9 heteroatoms. The maximum Gasteiger partial charge on any atom is 0.345 e. The number of rotatable bonds is 5. The van der Waals surface area contributed by atoms with Crippen LogP contribution in [0.4, 0.5) is 4.79 Å². The number of hydrogen-bond acceptors (Lipinski definition) is 6. The van der Waals surface area contributed by atoms with Gasteiger partial charge in [-0.05, 0) is 17.2 Å². The molecule has 2 bridgehead atoms. The fraction of sp³-hybridized carbons (Fsp3) is 0.278. The molecule has 0 aliphatic carbocycles. The standard InChI is InChI=1S/C18H17N3O5S/c1-25-17(23)14-15-11(7-13(27-15)16(19)22)12-8-20(14)18(24)21(12)26-9-10-5-3-2-4-6-10/h2-7,12,14H,8-9H2,1H3,(H2,19,22)/t12-,14+/m1/s1. The lowest BCUT2D eigenvalue weighted by Gasteiger charge is -2.28. The quantitative estimate of drug-likeness (QED) is 0.791. The lowest BCUT2D eigenvalue weighted by Crippen LogP contribution is -2.38. The van der Waals surface area contributed by atoms with Gasteiger partial charge in [-0.1, -0.05) is 30.3 Å². The number of carbonyl (C=O) groups excluding carboxylic acids is 3. The molecular formula is C18H17N3O5S. The Labute approximate surface area is 159 Å². The molecule has 27 heavy (non-hydrogen) atoms. The molecule has 8 nitrogen and oxygen atoms in total. The number of primary amides is 1. The number of amides is 3. The molecule has 140 valence electrons. The second kappa shape index (κ2) is 6.67. The molecule has 0 radical (unpaired) electrons. The average molecular weight is 387 g/mol. The largest absolute Gasteiger partial charge is 0.467 e. The van der Waals surface area contributed by atoms with Crippen LogP contribution in [0.3, 0.4) is 0 Å². The molecular weight excluding hydrogens is 370 g/mol. The molecule has 1 aromatic heterocycles. The molecule has 3 heterocycles. The number of carbonyl (C=O) groups is 3. The minimum atomic E-state index is -0.905. The Morgan fingerprint density at radius 1 is 1.30 bits per heavy atom. The van der Waals surface area contributed by atoms with Crippen molar-refractivity contribution in [3.05, 3.63) is 57.3 Å². The van der Waals surface area contributed by atoms with Crippen LogP contribution >= 0.6 is 11.3 Å². The Balaban J connectivity index is 1.68. The monoisotopic (exact) mass is 387 g/mol. The minimum absolute atomic E-state index is 0.210. The predicted octanol–water partition coefficient (Wildman–Crippen LogP) is 1.99. The van der Waals surface area contributed by atoms with Gasteiger partial charge in [0, 0.05) is 4.88 Å². The molecule has 0 saturated carbocycles. The first-order chi connectivity index (χ1) is 13.0. The lowest BCUT2D eigenvalue weighted by molar-refractivity contribution is -0.146. The number of ether oxygens (including phenoxy) is 1. The highest BCUT2D eigenvalue weighted by molar-refractivity contribution is 7.14. The van der Waals surface area contributed by atoms with Gasteiger partial charge in [0.05, 0.1) is 18.5 Å². The SMILES string of the molecule is COC(=O)[C@@H]1c2sc(C(N)=O)cc2[C@H]2CN1C(=O)N2OCc1ccccc1. The molecule has 2 atom stereocenters. The number of urea groups is 1. The number of benzene rings is 1. The summed E-state index contributed by atoms with van der Waals surface area (Å²) >= 11 is 1.11. The van der Waals surface area contributed by atoms with Gasteiger partial charge in [-0.15, -0.1) is 11.3 Å². The van der Waals surface area contributed by atoms with Crippen LogP contribution in [0.2, 0.25) is 0 Å². The van der Waals surface area contributed by atoms with Crippen molar-refractivity contribution in [2.75, 3.05) is 13.7 Å². The van der Waals surface area contributed by atoms with Crippen molar-refractivity contribution in [3.63, 3.8) is 0 Å². The second-order valence-corrected chi connectivity index (χ2v) is 7.34. The third-order valence-corrected chi connectivity index (χ3v) is 5.90. The molecule has 0 unspecified atom stereocenters. The van der Waals surface area contributed by atoms with E-state index < -0.39 is 30.0 Å². The van der Waals surface area contributed by atoms with Gasteiger partial charge in [-0.3, -0.25) is 9.63 Å². The number of nitrogens with zero attached hydrogens (tertiary/aromatic N) is 2. The number of hydroxylamine groups is 2. The van der Waals surface area contributed by atoms with E-state index in [0.29, 0.717) is 15.3 Å². The molecule has 1 fully saturated rings. The number of thiophene rings is 1. The van der Waals surface area contributed by atoms with E-state index in [1.807, 2.05) is 30.3 Å². The van der Waals surface area contributed by atoms with Crippen molar-refractivity contribution in [2.45, 2.75) is 18.7 Å². The molecule has 4 rings (SSSR count). The van der Waals surface area contributed by atoms with E-state index >= 15 is 0 Å². The molecule has 2 N–H and O–H groups in total. The van der Waals surface area contributed by atoms with E-state index in [-0.39, 0.29) is 13.2 Å². The zero-order valence-electron chi connectivity index (χ0n) is 14.5. The molecule has 2 aromatic rings. The smallest absolute Gasteiger partial charge is 0.345 e. The summed E-state index contributed by atoms with van der Waals surface area (Å²) in [7, 11) is 1.26. The molecule has 1 aromatic carbocycles. The number of nitrogens with two attached hydrogens (primary N) is 1. The van der Waals surface area contributed by atoms with Crippen molar-refractivity contribution in [1.29, 1.82) is 0 Å². The van der Waals surface area contributed by atoms with E-state index in [9.17, 15) is 14.4 Å². The van der Waals surface area contributed by atoms with E-state index in [2.05, 4.69) is 0 Å². The van der Waals surface area contributed by atoms with Gasteiger partial charge in [-0.25, -0.2) is 9.59 Å². The Morgan fingerprint density at radius 3 is 2.70 bits per heavy atom. The Hall–Kier alpha value is -2.91. The van der Waals surface area contributed by atoms with Gasteiger partial charge in [-0.2, -0.15) is 5.06 Å². The van der Waals surface area contributed by atoms with Crippen LogP contribution in [-0.4, -0.2) is 41.5 Å². The highest BCUT2D eigenvalue weighted by Gasteiger charge is 2.52. The minimum Gasteiger partial charge on any atom is -0.467 e. The Bertz CT molecular complexity index is 913. The van der Waals surface area contributed by atoms with Gasteiger partial charge in [0.1, 0.15) is 12.6 Å². The van der Waals surface area contributed by atoms with Crippen LogP contribution in [-0.2, 0) is 21.0 Å². The molecule has 1 saturated heterocycles. The fourth-order valence-corrected chi connectivity index (χ4v) is 4.58. The van der Waals surface area contributed by atoms with E-state index in [4.69, 9.17) is 15.3 Å². The van der Waals surface area contributed by atoms with Crippen LogP contribution < -0.4 is 5.73 Å². The van der Waals surface area contributed by atoms with Crippen molar-refractivity contribution in [2.24, 2.45) is 5.73 Å². The van der Waals surface area contributed by atoms with Crippen LogP contribution in [0.15, 0.2) is 36.4 Å². The normalized spacial score (nSPS) is 20.6. The third-order valence-electron chi connectivity index (χ3n) is 4.68. The van der Waals surface area contributed by atoms with Crippen LogP contribution in [0.5, 0.6) is 0 Å². The highest BCUT2D eigenvalue weighted by Crippen LogP contribution is 2.47. The van der Waals surface area contributed by atoms with Gasteiger partial charge < -0.3 is 15.4 Å². The van der Waals surface area contributed by atoms with Gasteiger partial charge in [0.15, 0.2) is 6.04 Å². The fourth-order valence-electron chi connectivity index (χ4n) is 3.40. The van der Waals surface area contributed by atoms with E-state index in [1.54, 1.807) is 6.07 Å². The summed E-state index contributed by atoms with van der Waals surface area (Å²) in [5.41, 5.74) is 7.01. The number of methoxy groups -OCH3 is 1. The maximum atomic E-state index is 12.9. The average Bonchev–Trinajstić information content (AvgIpc) is 3.23. The van der Waals surface area contributed by atoms with Gasteiger partial charge in [0.25, 0.3) is 5.91 Å². The Kier molecular flexibility index (Phi) is 4.33. The number of fused-ring (bicyclic) bond motifs is 4. The summed E-state index contributed by atoms with van der Waals surface area (Å²) in [4.78, 5) is 44.9. The lowest BCUT2D eigenvalue weighted by atomic mass is 9.99. The van der Waals surface area contributed by atoms with Crippen molar-refractivity contribution < 1.29 is 24.0 Å². The number of hydrogen-bond donors (Lipinski definition) is 1. The first kappa shape index (κ1) is 17.5. The molecule has 2 aliphatic heterocycles. The zero-order valence-corrected chi connectivity index (χ0v) is 15.3. The summed E-state index contributed by atoms with van der Waals surface area (Å²) < 4.78 is 4.88. The third kappa shape index (κ3) is 2.84. The van der Waals surface area contributed by atoms with Crippen molar-refractivity contribution >= 4 is 29.2 Å². The molecule has 2 aliphatic rings. The molecule has 0 spiro atoms. The zero-order chi connectivity index (χ0) is 19.1. The van der Waals surface area contributed by atoms with Crippen LogP contribution in [0.25, 0.3) is 0 Å². The Morgan fingerprint density at radius 2 is 2.04 bits per heavy atom. The van der Waals surface area contributed by atoms with Gasteiger partial charge >= 0.3 is 12.0 Å². The van der Waals surface area contributed by atoms with E-state index in [1.165, 1.54) is 17.1 Å². The topological polar surface area (TPSA) is 102 Å². The summed E-state index contributed by atoms with van der Waals surface area (Å²) in [6, 6.07) is 9.36. The van der Waals surface area contributed by atoms with Crippen LogP contribution in [0.1, 0.15) is 37.8 Å². The number of esters is 1. The van der Waals surface area contributed by atoms with Crippen molar-refractivity contribution in [3.8, 4) is 0 Å². The van der Waals surface area contributed by atoms with Crippen molar-refractivity contribution in [1.82, 2.24) is 9.96 Å². The molecule has 3 amide bonds. The van der Waals surface area contributed by atoms with Crippen LogP contribution in [0, 0.1) is 0 Å². The summed E-state index contributed by atoms with van der Waals surface area (Å²) in [6.07, 6.45) is 0. The highest BCUT2D eigenvalue weighted by atomic mass is 32.1. The predicted molar refractivity (Wildman–Crippen MR) is 95.5 cm³/mol.